The molecule has 2 heteroatoms. The van der Waals surface area contributed by atoms with Gasteiger partial charge in [0.1, 0.15) is 0 Å². The largest absolute Gasteiger partial charge is 0.330 e. The minimum atomic E-state index is 0.483. The Labute approximate surface area is 88.6 Å². The average Bonchev–Trinajstić information content (AvgIpc) is 2.10. The van der Waals surface area contributed by atoms with E-state index in [1.807, 2.05) is 0 Å². The van der Waals surface area contributed by atoms with Gasteiger partial charge in [-0.25, -0.2) is 0 Å². The summed E-state index contributed by atoms with van der Waals surface area (Å²) in [5.74, 6) is 0.802. The molecule has 84 valence electrons. The van der Waals surface area contributed by atoms with Crippen molar-refractivity contribution in [2.24, 2.45) is 11.7 Å². The second-order valence-corrected chi connectivity index (χ2v) is 5.17. The minimum absolute atomic E-state index is 0.483. The van der Waals surface area contributed by atoms with Gasteiger partial charge in [0.25, 0.3) is 0 Å². The molecule has 0 aliphatic heterocycles. The van der Waals surface area contributed by atoms with E-state index in [9.17, 15) is 0 Å². The summed E-state index contributed by atoms with van der Waals surface area (Å²) in [6.07, 6.45) is 7.94. The molecule has 0 spiro atoms. The second kappa shape index (κ2) is 5.72. The van der Waals surface area contributed by atoms with Crippen LogP contribution in [0.2, 0.25) is 0 Å². The lowest BCUT2D eigenvalue weighted by molar-refractivity contribution is 0.207. The van der Waals surface area contributed by atoms with Crippen molar-refractivity contribution in [3.8, 4) is 0 Å². The van der Waals surface area contributed by atoms with Gasteiger partial charge >= 0.3 is 0 Å². The van der Waals surface area contributed by atoms with Gasteiger partial charge in [-0.3, -0.25) is 0 Å². The predicted octanol–water partition coefficient (Wildman–Crippen LogP) is 2.28. The molecule has 1 unspecified atom stereocenters. The zero-order valence-corrected chi connectivity index (χ0v) is 9.81. The number of rotatable bonds is 7. The zero-order valence-electron chi connectivity index (χ0n) is 9.81. The van der Waals surface area contributed by atoms with Crippen LogP contribution < -0.4 is 11.1 Å². The van der Waals surface area contributed by atoms with Gasteiger partial charge in [0, 0.05) is 5.54 Å². The molecule has 0 heterocycles. The summed E-state index contributed by atoms with van der Waals surface area (Å²) in [6, 6.07) is 0. The maximum atomic E-state index is 5.52. The molecule has 0 aromatic heterocycles. The van der Waals surface area contributed by atoms with Crippen LogP contribution in [-0.2, 0) is 0 Å². The van der Waals surface area contributed by atoms with Crippen molar-refractivity contribution in [2.45, 2.75) is 57.9 Å². The highest BCUT2D eigenvalue weighted by molar-refractivity contribution is 4.91. The first-order valence-electron chi connectivity index (χ1n) is 6.11. The summed E-state index contributed by atoms with van der Waals surface area (Å²) >= 11 is 0. The van der Waals surface area contributed by atoms with Crippen molar-refractivity contribution in [2.75, 3.05) is 13.1 Å². The highest BCUT2D eigenvalue weighted by Crippen LogP contribution is 2.30. The highest BCUT2D eigenvalue weighted by atomic mass is 15.0. The summed E-state index contributed by atoms with van der Waals surface area (Å²) in [5, 5.41) is 3.66. The van der Waals surface area contributed by atoms with Crippen molar-refractivity contribution in [3.63, 3.8) is 0 Å². The number of hydrogen-bond acceptors (Lipinski definition) is 2. The van der Waals surface area contributed by atoms with Gasteiger partial charge in [-0.2, -0.15) is 0 Å². The molecule has 1 aliphatic carbocycles. The zero-order chi connectivity index (χ0) is 10.4. The van der Waals surface area contributed by atoms with Crippen LogP contribution in [0.5, 0.6) is 0 Å². The monoisotopic (exact) mass is 198 g/mol. The fourth-order valence-corrected chi connectivity index (χ4v) is 2.15. The number of nitrogens with two attached hydrogens (primary N) is 1. The first-order chi connectivity index (χ1) is 6.66. The van der Waals surface area contributed by atoms with E-state index in [0.29, 0.717) is 5.54 Å². The first kappa shape index (κ1) is 12.0. The molecule has 0 aromatic carbocycles. The van der Waals surface area contributed by atoms with E-state index in [-0.39, 0.29) is 0 Å². The van der Waals surface area contributed by atoms with Gasteiger partial charge in [0.05, 0.1) is 0 Å². The Morgan fingerprint density at radius 3 is 2.57 bits per heavy atom. The standard InChI is InChI=1S/C12H26N2/c1-11(6-9-13)5-3-10-14-12(2)7-4-8-12/h11,14H,3-10,13H2,1-2H3. The number of nitrogens with one attached hydrogen (secondary N) is 1. The summed E-state index contributed by atoms with van der Waals surface area (Å²) in [7, 11) is 0. The molecule has 0 saturated heterocycles. The van der Waals surface area contributed by atoms with E-state index in [4.69, 9.17) is 5.73 Å². The Balaban J connectivity index is 1.93. The van der Waals surface area contributed by atoms with E-state index in [0.717, 1.165) is 12.5 Å². The number of hydrogen-bond donors (Lipinski definition) is 2. The van der Waals surface area contributed by atoms with Gasteiger partial charge in [0.2, 0.25) is 0 Å². The summed E-state index contributed by atoms with van der Waals surface area (Å²) in [4.78, 5) is 0. The SMILES string of the molecule is CC(CCN)CCCNC1(C)CCC1. The van der Waals surface area contributed by atoms with Crippen molar-refractivity contribution >= 4 is 0 Å². The van der Waals surface area contributed by atoms with E-state index >= 15 is 0 Å². The van der Waals surface area contributed by atoms with Gasteiger partial charge in [-0.1, -0.05) is 6.92 Å². The highest BCUT2D eigenvalue weighted by Gasteiger charge is 2.30. The van der Waals surface area contributed by atoms with E-state index in [1.165, 1.54) is 45.1 Å². The third kappa shape index (κ3) is 3.97. The van der Waals surface area contributed by atoms with E-state index in [1.54, 1.807) is 0 Å². The van der Waals surface area contributed by atoms with Crippen molar-refractivity contribution in [3.05, 3.63) is 0 Å². The molecule has 1 saturated carbocycles. The van der Waals surface area contributed by atoms with Crippen LogP contribution >= 0.6 is 0 Å². The molecule has 0 amide bonds. The summed E-state index contributed by atoms with van der Waals surface area (Å²) in [5.41, 5.74) is 6.00. The van der Waals surface area contributed by atoms with Gasteiger partial charge in [-0.05, 0) is 64.5 Å². The van der Waals surface area contributed by atoms with Crippen LogP contribution in [0, 0.1) is 5.92 Å². The molecule has 1 atom stereocenters. The maximum Gasteiger partial charge on any atom is 0.0153 e. The predicted molar refractivity (Wildman–Crippen MR) is 62.3 cm³/mol. The topological polar surface area (TPSA) is 38.0 Å². The van der Waals surface area contributed by atoms with Gasteiger partial charge < -0.3 is 11.1 Å². The van der Waals surface area contributed by atoms with Crippen LogP contribution in [0.15, 0.2) is 0 Å². The van der Waals surface area contributed by atoms with Crippen LogP contribution in [0.25, 0.3) is 0 Å². The van der Waals surface area contributed by atoms with Gasteiger partial charge in [0.15, 0.2) is 0 Å². The lowest BCUT2D eigenvalue weighted by Crippen LogP contribution is -2.48. The molecular weight excluding hydrogens is 172 g/mol. The van der Waals surface area contributed by atoms with Crippen LogP contribution in [0.4, 0.5) is 0 Å². The Bertz CT molecular complexity index is 152. The van der Waals surface area contributed by atoms with E-state index in [2.05, 4.69) is 19.2 Å². The third-order valence-electron chi connectivity index (χ3n) is 3.54. The van der Waals surface area contributed by atoms with Gasteiger partial charge in [-0.15, -0.1) is 0 Å². The maximum absolute atomic E-state index is 5.52. The molecule has 0 radical (unpaired) electrons. The quantitative estimate of drug-likeness (QED) is 0.616. The lowest BCUT2D eigenvalue weighted by Gasteiger charge is -2.39. The Morgan fingerprint density at radius 2 is 2.07 bits per heavy atom. The molecule has 1 rings (SSSR count). The Kier molecular flexibility index (Phi) is 4.90. The fraction of sp³-hybridized carbons (Fsp3) is 1.00. The van der Waals surface area contributed by atoms with Crippen LogP contribution in [0.3, 0.4) is 0 Å². The molecule has 1 aliphatic rings. The smallest absolute Gasteiger partial charge is 0.0153 e. The van der Waals surface area contributed by atoms with Crippen molar-refractivity contribution in [1.82, 2.24) is 5.32 Å². The molecule has 0 aromatic rings. The van der Waals surface area contributed by atoms with Crippen molar-refractivity contribution in [1.29, 1.82) is 0 Å². The first-order valence-corrected chi connectivity index (χ1v) is 6.11. The molecule has 0 bridgehead atoms. The molecule has 3 N–H and O–H groups in total. The Hall–Kier alpha value is -0.0800. The summed E-state index contributed by atoms with van der Waals surface area (Å²) < 4.78 is 0. The van der Waals surface area contributed by atoms with Crippen LogP contribution in [-0.4, -0.2) is 18.6 Å². The summed E-state index contributed by atoms with van der Waals surface area (Å²) in [6.45, 7) is 6.68. The van der Waals surface area contributed by atoms with E-state index < -0.39 is 0 Å². The molecule has 1 fully saturated rings. The normalized spacial score (nSPS) is 21.6. The Morgan fingerprint density at radius 1 is 1.36 bits per heavy atom. The fourth-order valence-electron chi connectivity index (χ4n) is 2.15. The lowest BCUT2D eigenvalue weighted by atomic mass is 9.78. The molecular formula is C12H26N2. The van der Waals surface area contributed by atoms with Crippen LogP contribution in [0.1, 0.15) is 52.4 Å². The third-order valence-corrected chi connectivity index (χ3v) is 3.54. The minimum Gasteiger partial charge on any atom is -0.330 e. The second-order valence-electron chi connectivity index (χ2n) is 5.17. The average molecular weight is 198 g/mol. The molecule has 14 heavy (non-hydrogen) atoms. The molecule has 2 nitrogen and oxygen atoms in total. The van der Waals surface area contributed by atoms with Crippen molar-refractivity contribution < 1.29 is 0 Å².